The second-order valence-corrected chi connectivity index (χ2v) is 9.06. The van der Waals surface area contributed by atoms with Gasteiger partial charge in [0, 0.05) is 11.6 Å². The Hall–Kier alpha value is -3.45. The van der Waals surface area contributed by atoms with Crippen molar-refractivity contribution in [2.45, 2.75) is 39.2 Å². The van der Waals surface area contributed by atoms with Crippen LogP contribution in [0.1, 0.15) is 59.5 Å². The van der Waals surface area contributed by atoms with Crippen LogP contribution in [0.3, 0.4) is 0 Å². The summed E-state index contributed by atoms with van der Waals surface area (Å²) >= 11 is 1.35. The standard InChI is InChI=1S/C26H24N2O4S/c1-3-4-5-13-31-18-9-7-17(8-10-18)22-21-23(29)19-15-16(2)6-11-20(19)32-24(21)25(30)28(22)26-27-12-14-33-26/h6-12,14-15,22H,3-5,13H2,1-2H3. The van der Waals surface area contributed by atoms with E-state index in [0.29, 0.717) is 28.3 Å². The Morgan fingerprint density at radius 1 is 1.12 bits per heavy atom. The third-order valence-corrected chi connectivity index (χ3v) is 6.63. The van der Waals surface area contributed by atoms with Gasteiger partial charge in [-0.05, 0) is 43.2 Å². The number of carbonyl (C=O) groups is 1. The number of aromatic nitrogens is 1. The zero-order valence-corrected chi connectivity index (χ0v) is 19.4. The highest BCUT2D eigenvalue weighted by Crippen LogP contribution is 2.42. The lowest BCUT2D eigenvalue weighted by atomic mass is 9.98. The van der Waals surface area contributed by atoms with Crippen LogP contribution in [0.5, 0.6) is 5.75 Å². The van der Waals surface area contributed by atoms with E-state index < -0.39 is 6.04 Å². The van der Waals surface area contributed by atoms with Gasteiger partial charge in [-0.1, -0.05) is 43.5 Å². The lowest BCUT2D eigenvalue weighted by Crippen LogP contribution is -2.29. The molecule has 2 aromatic heterocycles. The molecule has 7 heteroatoms. The monoisotopic (exact) mass is 460 g/mol. The maximum Gasteiger partial charge on any atom is 0.297 e. The van der Waals surface area contributed by atoms with E-state index in [1.807, 2.05) is 48.7 Å². The van der Waals surface area contributed by atoms with Gasteiger partial charge in [0.1, 0.15) is 11.3 Å². The first-order chi connectivity index (χ1) is 16.1. The van der Waals surface area contributed by atoms with Crippen LogP contribution in [-0.2, 0) is 0 Å². The van der Waals surface area contributed by atoms with Crippen molar-refractivity contribution in [2.75, 3.05) is 11.5 Å². The van der Waals surface area contributed by atoms with Gasteiger partial charge in [-0.15, -0.1) is 11.3 Å². The number of nitrogens with zero attached hydrogens (tertiary/aromatic N) is 2. The minimum atomic E-state index is -0.617. The van der Waals surface area contributed by atoms with Crippen LogP contribution in [0.25, 0.3) is 11.0 Å². The molecule has 0 bridgehead atoms. The molecule has 0 N–H and O–H groups in total. The van der Waals surface area contributed by atoms with E-state index in [0.717, 1.165) is 36.1 Å². The molecule has 1 unspecified atom stereocenters. The van der Waals surface area contributed by atoms with Crippen LogP contribution in [0.4, 0.5) is 5.13 Å². The Balaban J connectivity index is 1.60. The first kappa shape index (κ1) is 21.4. The van der Waals surface area contributed by atoms with E-state index in [1.54, 1.807) is 17.2 Å². The highest BCUT2D eigenvalue weighted by Gasteiger charge is 2.44. The molecule has 2 aromatic carbocycles. The molecule has 0 spiro atoms. The van der Waals surface area contributed by atoms with Crippen LogP contribution in [0.2, 0.25) is 0 Å². The smallest absolute Gasteiger partial charge is 0.297 e. The molecular formula is C26H24N2O4S. The first-order valence-electron chi connectivity index (χ1n) is 11.1. The molecule has 0 radical (unpaired) electrons. The van der Waals surface area contributed by atoms with E-state index >= 15 is 0 Å². The topological polar surface area (TPSA) is 72.6 Å². The van der Waals surface area contributed by atoms with Crippen molar-refractivity contribution < 1.29 is 13.9 Å². The minimum absolute atomic E-state index is 0.0800. The Morgan fingerprint density at radius 3 is 2.67 bits per heavy atom. The Morgan fingerprint density at radius 2 is 1.94 bits per heavy atom. The zero-order valence-electron chi connectivity index (χ0n) is 18.5. The summed E-state index contributed by atoms with van der Waals surface area (Å²) in [6.07, 6.45) is 4.93. The molecule has 0 saturated heterocycles. The Bertz CT molecular complexity index is 1360. The molecule has 4 aromatic rings. The number of anilines is 1. The molecule has 1 aliphatic heterocycles. The quantitative estimate of drug-likeness (QED) is 0.322. The molecule has 6 nitrogen and oxygen atoms in total. The van der Waals surface area contributed by atoms with Crippen molar-refractivity contribution in [1.29, 1.82) is 0 Å². The molecule has 33 heavy (non-hydrogen) atoms. The molecular weight excluding hydrogens is 436 g/mol. The van der Waals surface area contributed by atoms with Crippen molar-refractivity contribution in [3.8, 4) is 5.75 Å². The van der Waals surface area contributed by atoms with Gasteiger partial charge in [0.05, 0.1) is 23.6 Å². The molecule has 168 valence electrons. The van der Waals surface area contributed by atoms with Gasteiger partial charge >= 0.3 is 0 Å². The van der Waals surface area contributed by atoms with E-state index in [-0.39, 0.29) is 17.1 Å². The van der Waals surface area contributed by atoms with Crippen molar-refractivity contribution >= 4 is 33.3 Å². The second-order valence-electron chi connectivity index (χ2n) is 8.19. The van der Waals surface area contributed by atoms with Gasteiger partial charge in [-0.25, -0.2) is 4.98 Å². The van der Waals surface area contributed by atoms with E-state index in [2.05, 4.69) is 11.9 Å². The largest absolute Gasteiger partial charge is 0.494 e. The van der Waals surface area contributed by atoms with Crippen molar-refractivity contribution in [2.24, 2.45) is 0 Å². The van der Waals surface area contributed by atoms with Gasteiger partial charge in [0.2, 0.25) is 5.76 Å². The fourth-order valence-electron chi connectivity index (χ4n) is 4.22. The predicted octanol–water partition coefficient (Wildman–Crippen LogP) is 5.88. The maximum absolute atomic E-state index is 13.6. The summed E-state index contributed by atoms with van der Waals surface area (Å²) in [5.41, 5.74) is 2.33. The summed E-state index contributed by atoms with van der Waals surface area (Å²) in [5.74, 6) is 0.488. The number of ether oxygens (including phenoxy) is 1. The van der Waals surface area contributed by atoms with Crippen LogP contribution >= 0.6 is 11.3 Å². The number of aryl methyl sites for hydroxylation is 1. The summed E-state index contributed by atoms with van der Waals surface area (Å²) in [6, 6.07) is 12.4. The maximum atomic E-state index is 13.6. The fraction of sp³-hybridized carbons (Fsp3) is 0.269. The molecule has 3 heterocycles. The number of thiazole rings is 1. The van der Waals surface area contributed by atoms with Gasteiger partial charge in [0.25, 0.3) is 5.91 Å². The lowest BCUT2D eigenvalue weighted by Gasteiger charge is -2.22. The molecule has 0 aliphatic carbocycles. The number of rotatable bonds is 7. The number of hydrogen-bond acceptors (Lipinski definition) is 6. The fourth-order valence-corrected chi connectivity index (χ4v) is 4.89. The molecule has 0 fully saturated rings. The highest BCUT2D eigenvalue weighted by molar-refractivity contribution is 7.13. The first-order valence-corrected chi connectivity index (χ1v) is 12.0. The average Bonchev–Trinajstić information content (AvgIpc) is 3.44. The van der Waals surface area contributed by atoms with Gasteiger partial charge in [-0.3, -0.25) is 14.5 Å². The predicted molar refractivity (Wildman–Crippen MR) is 129 cm³/mol. The summed E-state index contributed by atoms with van der Waals surface area (Å²) in [5, 5.41) is 2.81. The Labute approximate surface area is 195 Å². The average molecular weight is 461 g/mol. The molecule has 1 amide bonds. The molecule has 5 rings (SSSR count). The minimum Gasteiger partial charge on any atom is -0.494 e. The highest BCUT2D eigenvalue weighted by atomic mass is 32.1. The Kier molecular flexibility index (Phi) is 5.72. The van der Waals surface area contributed by atoms with Crippen molar-refractivity contribution in [3.63, 3.8) is 0 Å². The number of unbranched alkanes of at least 4 members (excludes halogenated alkanes) is 2. The van der Waals surface area contributed by atoms with Crippen LogP contribution < -0.4 is 15.1 Å². The summed E-state index contributed by atoms with van der Waals surface area (Å²) in [7, 11) is 0. The summed E-state index contributed by atoms with van der Waals surface area (Å²) in [4.78, 5) is 33.0. The third-order valence-electron chi connectivity index (χ3n) is 5.86. The number of amides is 1. The summed E-state index contributed by atoms with van der Waals surface area (Å²) < 4.78 is 11.8. The number of carbonyl (C=O) groups excluding carboxylic acids is 1. The lowest BCUT2D eigenvalue weighted by molar-refractivity contribution is 0.0971. The SMILES string of the molecule is CCCCCOc1ccc(C2c3c(oc4ccc(C)cc4c3=O)C(=O)N2c2nccs2)cc1. The van der Waals surface area contributed by atoms with Gasteiger partial charge in [0.15, 0.2) is 10.6 Å². The number of fused-ring (bicyclic) bond motifs is 2. The van der Waals surface area contributed by atoms with E-state index in [4.69, 9.17) is 9.15 Å². The molecule has 1 atom stereocenters. The van der Waals surface area contributed by atoms with Crippen molar-refractivity contribution in [1.82, 2.24) is 4.98 Å². The molecule has 0 saturated carbocycles. The van der Waals surface area contributed by atoms with E-state index in [1.165, 1.54) is 11.3 Å². The van der Waals surface area contributed by atoms with E-state index in [9.17, 15) is 9.59 Å². The van der Waals surface area contributed by atoms with Crippen molar-refractivity contribution in [3.05, 3.63) is 86.7 Å². The number of hydrogen-bond donors (Lipinski definition) is 0. The summed E-state index contributed by atoms with van der Waals surface area (Å²) in [6.45, 7) is 4.75. The molecule has 1 aliphatic rings. The second kappa shape index (κ2) is 8.83. The van der Waals surface area contributed by atoms with Crippen LogP contribution in [-0.4, -0.2) is 17.5 Å². The zero-order chi connectivity index (χ0) is 22.9. The number of benzene rings is 2. The third kappa shape index (κ3) is 3.82. The van der Waals surface area contributed by atoms with Crippen LogP contribution in [0, 0.1) is 6.92 Å². The van der Waals surface area contributed by atoms with Gasteiger partial charge in [-0.2, -0.15) is 0 Å². The van der Waals surface area contributed by atoms with Crippen LogP contribution in [0.15, 0.2) is 63.3 Å². The normalized spacial score (nSPS) is 15.3. The van der Waals surface area contributed by atoms with Gasteiger partial charge < -0.3 is 9.15 Å².